The first-order valence-electron chi connectivity index (χ1n) is 11.7. The Kier molecular flexibility index (Phi) is 5.99. The Balaban J connectivity index is 1.63. The number of nitrogens with zero attached hydrogens (tertiary/aromatic N) is 1. The summed E-state index contributed by atoms with van der Waals surface area (Å²) in [5, 5.41) is 13.8. The number of pyridine rings is 1. The van der Waals surface area contributed by atoms with Crippen molar-refractivity contribution in [2.75, 3.05) is 6.61 Å². The lowest BCUT2D eigenvalue weighted by molar-refractivity contribution is -0.378. The van der Waals surface area contributed by atoms with E-state index in [-0.39, 0.29) is 18.2 Å². The maximum atomic E-state index is 13.8. The van der Waals surface area contributed by atoms with E-state index in [1.807, 2.05) is 38.1 Å². The van der Waals surface area contributed by atoms with Gasteiger partial charge in [-0.25, -0.2) is 4.98 Å². The molecule has 2 aromatic carbocycles. The van der Waals surface area contributed by atoms with Crippen molar-refractivity contribution in [3.8, 4) is 11.5 Å². The number of hydrogen-bond donors (Lipinski definition) is 0. The summed E-state index contributed by atoms with van der Waals surface area (Å²) in [6, 6.07) is 15.3. The van der Waals surface area contributed by atoms with E-state index >= 15 is 0 Å². The number of carbonyl (C=O) groups is 2. The molecule has 3 aromatic rings. The van der Waals surface area contributed by atoms with Crippen LogP contribution in [0.3, 0.4) is 0 Å². The van der Waals surface area contributed by atoms with Gasteiger partial charge >= 0.3 is 0 Å². The number of amides is 1. The first-order chi connectivity index (χ1) is 17.0. The zero-order valence-corrected chi connectivity index (χ0v) is 19.6. The van der Waals surface area contributed by atoms with Crippen LogP contribution in [0.4, 0.5) is 0 Å². The smallest absolute Gasteiger partial charge is 0.295 e. The molecule has 5 rings (SSSR count). The van der Waals surface area contributed by atoms with E-state index in [9.17, 15) is 14.7 Å². The van der Waals surface area contributed by atoms with Crippen LogP contribution in [0.5, 0.6) is 11.5 Å². The molecule has 1 saturated heterocycles. The molecule has 7 heteroatoms. The molecule has 178 valence electrons. The first-order valence-corrected chi connectivity index (χ1v) is 11.7. The number of Topliss-reactive ketones (excluding diaryl/α,β-unsaturated/α-hetero) is 1. The molecule has 1 N–H and O–H groups in total. The Bertz CT molecular complexity index is 1320. The summed E-state index contributed by atoms with van der Waals surface area (Å²) >= 11 is 0. The van der Waals surface area contributed by atoms with E-state index in [2.05, 4.69) is 4.98 Å². The maximum Gasteiger partial charge on any atom is 0.295 e. The number of likely N-dealkylation sites (tertiary alicyclic amines) is 1. The van der Waals surface area contributed by atoms with Crippen LogP contribution >= 0.6 is 0 Å². The number of aromatic amines is 1. The van der Waals surface area contributed by atoms with E-state index in [1.54, 1.807) is 42.7 Å². The molecule has 0 aliphatic carbocycles. The summed E-state index contributed by atoms with van der Waals surface area (Å²) in [5.41, 5.74) is 2.72. The quantitative estimate of drug-likeness (QED) is 0.314. The third kappa shape index (κ3) is 4.25. The van der Waals surface area contributed by atoms with Crippen molar-refractivity contribution < 1.29 is 29.2 Å². The van der Waals surface area contributed by atoms with E-state index in [4.69, 9.17) is 9.47 Å². The minimum atomic E-state index is -0.827. The van der Waals surface area contributed by atoms with Gasteiger partial charge in [0.25, 0.3) is 5.91 Å². The van der Waals surface area contributed by atoms with Crippen molar-refractivity contribution in [1.29, 1.82) is 0 Å². The number of H-pyrrole nitrogens is 1. The lowest BCUT2D eigenvalue weighted by Crippen LogP contribution is -2.29. The molecule has 7 nitrogen and oxygen atoms in total. The van der Waals surface area contributed by atoms with Gasteiger partial charge in [0.2, 0.25) is 5.78 Å². The molecule has 0 saturated carbocycles. The van der Waals surface area contributed by atoms with Gasteiger partial charge in [-0.15, -0.1) is 0 Å². The maximum absolute atomic E-state index is 13.8. The minimum absolute atomic E-state index is 0.0323. The number of ketones is 1. The third-order valence-electron chi connectivity index (χ3n) is 6.30. The molecule has 0 bridgehead atoms. The van der Waals surface area contributed by atoms with Crippen molar-refractivity contribution >= 4 is 17.4 Å². The third-order valence-corrected chi connectivity index (χ3v) is 6.30. The number of hydrogen-bond acceptors (Lipinski definition) is 5. The fraction of sp³-hybridized carbons (Fsp3) is 0.250. The van der Waals surface area contributed by atoms with Gasteiger partial charge in [0.1, 0.15) is 17.6 Å². The highest BCUT2D eigenvalue weighted by molar-refractivity contribution is 6.46. The van der Waals surface area contributed by atoms with Gasteiger partial charge < -0.3 is 19.5 Å². The van der Waals surface area contributed by atoms with Crippen molar-refractivity contribution in [2.45, 2.75) is 39.0 Å². The molecule has 1 fully saturated rings. The average Bonchev–Trinajstić information content (AvgIpc) is 3.35. The summed E-state index contributed by atoms with van der Waals surface area (Å²) < 4.78 is 11.4. The largest absolute Gasteiger partial charge is 0.872 e. The predicted molar refractivity (Wildman–Crippen MR) is 126 cm³/mol. The van der Waals surface area contributed by atoms with Crippen LogP contribution < -0.4 is 19.6 Å². The molecule has 35 heavy (non-hydrogen) atoms. The van der Waals surface area contributed by atoms with Crippen LogP contribution in [-0.2, 0) is 22.6 Å². The molecule has 0 radical (unpaired) electrons. The van der Waals surface area contributed by atoms with E-state index in [0.29, 0.717) is 29.9 Å². The standard InChI is InChI=1S/C28H26N2O5/c1-3-34-22-8-4-7-19(14-22)25-24(26(31)20-9-10-23-21(13-20)12-17(2)35-23)27(32)28(33)30(25)16-18-6-5-11-29-15-18/h4-11,13-15,17,25,31H,3,12,16H2,1-2H3. The van der Waals surface area contributed by atoms with Crippen molar-refractivity contribution in [3.05, 3.63) is 94.8 Å². The van der Waals surface area contributed by atoms with Crippen LogP contribution in [0, 0.1) is 0 Å². The highest BCUT2D eigenvalue weighted by Gasteiger charge is 2.44. The van der Waals surface area contributed by atoms with E-state index in [1.165, 1.54) is 4.90 Å². The van der Waals surface area contributed by atoms with Crippen LogP contribution in [0.25, 0.3) is 5.76 Å². The molecule has 2 atom stereocenters. The lowest BCUT2D eigenvalue weighted by Gasteiger charge is -2.27. The fourth-order valence-corrected chi connectivity index (χ4v) is 4.77. The highest BCUT2D eigenvalue weighted by Crippen LogP contribution is 2.41. The molecular weight excluding hydrogens is 444 g/mol. The number of ether oxygens (including phenoxy) is 2. The number of fused-ring (bicyclic) bond motifs is 1. The molecule has 1 amide bonds. The minimum Gasteiger partial charge on any atom is -0.872 e. The summed E-state index contributed by atoms with van der Waals surface area (Å²) in [6.07, 6.45) is 4.26. The topological polar surface area (TPSA) is 93.0 Å². The second-order valence-corrected chi connectivity index (χ2v) is 8.78. The number of benzene rings is 2. The van der Waals surface area contributed by atoms with Gasteiger partial charge in [-0.3, -0.25) is 9.59 Å². The van der Waals surface area contributed by atoms with Gasteiger partial charge in [0.05, 0.1) is 19.2 Å². The van der Waals surface area contributed by atoms with Gasteiger partial charge in [0.15, 0.2) is 12.4 Å². The van der Waals surface area contributed by atoms with Crippen molar-refractivity contribution in [2.24, 2.45) is 0 Å². The Morgan fingerprint density at radius 1 is 1.17 bits per heavy atom. The van der Waals surface area contributed by atoms with Crippen LogP contribution in [0.15, 0.2) is 72.6 Å². The fourth-order valence-electron chi connectivity index (χ4n) is 4.77. The number of aromatic nitrogens is 1. The van der Waals surface area contributed by atoms with Gasteiger partial charge in [-0.2, -0.15) is 0 Å². The molecule has 2 unspecified atom stereocenters. The summed E-state index contributed by atoms with van der Waals surface area (Å²) in [4.78, 5) is 31.0. The molecular formula is C28H26N2O5. The number of carbonyl (C=O) groups excluding carboxylic acids is 2. The molecule has 2 aliphatic heterocycles. The Hall–Kier alpha value is -4.13. The van der Waals surface area contributed by atoms with Crippen molar-refractivity contribution in [1.82, 2.24) is 4.90 Å². The van der Waals surface area contributed by atoms with E-state index < -0.39 is 23.5 Å². The second-order valence-electron chi connectivity index (χ2n) is 8.78. The zero-order valence-electron chi connectivity index (χ0n) is 19.6. The summed E-state index contributed by atoms with van der Waals surface area (Å²) in [5.74, 6) is -0.551. The normalized spacial score (nSPS) is 20.6. The number of nitrogens with one attached hydrogen (secondary N) is 1. The zero-order chi connectivity index (χ0) is 24.5. The summed E-state index contributed by atoms with van der Waals surface area (Å²) in [7, 11) is 0. The van der Waals surface area contributed by atoms with Gasteiger partial charge in [-0.05, 0) is 60.9 Å². The number of rotatable bonds is 6. The summed E-state index contributed by atoms with van der Waals surface area (Å²) in [6.45, 7) is 4.50. The SMILES string of the molecule is CCOc1cccc(C2C(=C([O-])c3ccc4c(c3)CC(C)O4)C(=O)C(=O)N2Cc2ccc[nH+]c2)c1. The van der Waals surface area contributed by atoms with Crippen LogP contribution in [0.2, 0.25) is 0 Å². The Morgan fingerprint density at radius 2 is 2.03 bits per heavy atom. The predicted octanol–water partition coefficient (Wildman–Crippen LogP) is 2.65. The van der Waals surface area contributed by atoms with E-state index in [0.717, 1.165) is 16.9 Å². The van der Waals surface area contributed by atoms with Crippen LogP contribution in [-0.4, -0.2) is 29.3 Å². The van der Waals surface area contributed by atoms with Gasteiger partial charge in [-0.1, -0.05) is 24.0 Å². The lowest BCUT2D eigenvalue weighted by atomic mass is 9.94. The van der Waals surface area contributed by atoms with Crippen LogP contribution in [0.1, 0.15) is 42.1 Å². The molecule has 1 aromatic heterocycles. The Morgan fingerprint density at radius 3 is 2.80 bits per heavy atom. The molecule has 3 heterocycles. The molecule has 0 spiro atoms. The van der Waals surface area contributed by atoms with Gasteiger partial charge in [0, 0.05) is 23.6 Å². The second kappa shape index (κ2) is 9.25. The monoisotopic (exact) mass is 470 g/mol. The Labute approximate surface area is 203 Å². The first kappa shape index (κ1) is 22.7. The average molecular weight is 471 g/mol. The molecule has 2 aliphatic rings. The highest BCUT2D eigenvalue weighted by atomic mass is 16.5. The van der Waals surface area contributed by atoms with Crippen molar-refractivity contribution in [3.63, 3.8) is 0 Å².